The maximum atomic E-state index is 5.99. The fourth-order valence-corrected chi connectivity index (χ4v) is 9.23. The third-order valence-corrected chi connectivity index (χ3v) is 12.1. The van der Waals surface area contributed by atoms with Crippen molar-refractivity contribution in [1.29, 1.82) is 0 Å². The Morgan fingerprint density at radius 2 is 0.904 bits per heavy atom. The molecule has 250 valence electrons. The van der Waals surface area contributed by atoms with E-state index in [1.54, 1.807) is 0 Å². The summed E-state index contributed by atoms with van der Waals surface area (Å²) in [5, 5.41) is 3.53. The highest BCUT2D eigenvalue weighted by atomic mass is 14.7. The summed E-state index contributed by atoms with van der Waals surface area (Å²) in [5.74, 6) is 0. The zero-order valence-electron chi connectivity index (χ0n) is 30.1. The molecule has 2 nitrogen and oxygen atoms in total. The Labute approximate surface area is 305 Å². The maximum absolute atomic E-state index is 5.99. The number of aromatic nitrogens is 1. The Bertz CT molecular complexity index is 2770. The lowest BCUT2D eigenvalue weighted by Crippen LogP contribution is -2.15. The van der Waals surface area contributed by atoms with Crippen LogP contribution in [-0.2, 0) is 17.4 Å². The molecule has 2 N–H and O–H groups in total. The fourth-order valence-electron chi connectivity index (χ4n) is 9.23. The number of hydrogen-bond donors (Lipinski definition) is 1. The molecule has 52 heavy (non-hydrogen) atoms. The molecule has 0 spiro atoms. The quantitative estimate of drug-likeness (QED) is 0.190. The van der Waals surface area contributed by atoms with Gasteiger partial charge >= 0.3 is 0 Å². The second-order valence-corrected chi connectivity index (χ2v) is 15.7. The first-order valence-corrected chi connectivity index (χ1v) is 18.4. The monoisotopic (exact) mass is 668 g/mol. The van der Waals surface area contributed by atoms with Crippen LogP contribution in [-0.4, -0.2) is 4.98 Å². The van der Waals surface area contributed by atoms with Gasteiger partial charge in [0.25, 0.3) is 0 Å². The fraction of sp³-hybridized carbons (Fsp3) is 0.140. The van der Waals surface area contributed by atoms with Crippen LogP contribution < -0.4 is 5.73 Å². The average molecular weight is 669 g/mol. The molecule has 0 unspecified atom stereocenters. The molecule has 1 aromatic heterocycles. The lowest BCUT2D eigenvalue weighted by molar-refractivity contribution is 0.660. The molecule has 0 bridgehead atoms. The highest BCUT2D eigenvalue weighted by Crippen LogP contribution is 2.52. The summed E-state index contributed by atoms with van der Waals surface area (Å²) in [5.41, 5.74) is 25.7. The molecular weight excluding hydrogens is 629 g/mol. The van der Waals surface area contributed by atoms with Gasteiger partial charge in [-0.15, -0.1) is 0 Å². The predicted octanol–water partition coefficient (Wildman–Crippen LogP) is 12.5. The highest BCUT2D eigenvalue weighted by molar-refractivity contribution is 6.16. The van der Waals surface area contributed by atoms with Gasteiger partial charge in [-0.3, -0.25) is 0 Å². The third kappa shape index (κ3) is 4.37. The normalized spacial score (nSPS) is 14.6. The third-order valence-electron chi connectivity index (χ3n) is 12.1. The topological polar surface area (TPSA) is 38.9 Å². The first-order valence-electron chi connectivity index (χ1n) is 18.4. The summed E-state index contributed by atoms with van der Waals surface area (Å²) in [4.78, 5) is 5.46. The van der Waals surface area contributed by atoms with Crippen LogP contribution in [0, 0.1) is 0 Å². The van der Waals surface area contributed by atoms with E-state index in [0.29, 0.717) is 6.54 Å². The van der Waals surface area contributed by atoms with Gasteiger partial charge < -0.3 is 5.73 Å². The molecule has 0 saturated carbocycles. The van der Waals surface area contributed by atoms with Crippen LogP contribution in [0.1, 0.15) is 55.5 Å². The lowest BCUT2D eigenvalue weighted by Gasteiger charge is -2.23. The van der Waals surface area contributed by atoms with Gasteiger partial charge in [0, 0.05) is 33.7 Å². The minimum absolute atomic E-state index is 0.0789. The second-order valence-electron chi connectivity index (χ2n) is 15.7. The molecule has 7 aromatic carbocycles. The molecule has 2 aliphatic carbocycles. The molecule has 0 amide bonds. The van der Waals surface area contributed by atoms with Crippen molar-refractivity contribution in [2.75, 3.05) is 0 Å². The largest absolute Gasteiger partial charge is 0.326 e. The van der Waals surface area contributed by atoms with Gasteiger partial charge in [-0.2, -0.15) is 0 Å². The predicted molar refractivity (Wildman–Crippen MR) is 219 cm³/mol. The molecule has 2 aliphatic rings. The first kappa shape index (κ1) is 30.9. The number of nitrogens with two attached hydrogens (primary N) is 1. The van der Waals surface area contributed by atoms with Crippen LogP contribution in [0.2, 0.25) is 0 Å². The van der Waals surface area contributed by atoms with Crippen LogP contribution in [0.5, 0.6) is 0 Å². The van der Waals surface area contributed by atoms with Crippen LogP contribution in [0.25, 0.3) is 77.4 Å². The summed E-state index contributed by atoms with van der Waals surface area (Å²) in [6, 6.07) is 54.0. The van der Waals surface area contributed by atoms with Crippen molar-refractivity contribution in [1.82, 2.24) is 4.98 Å². The Morgan fingerprint density at radius 3 is 1.48 bits per heavy atom. The standard InChI is InChI=1S/C50H40N2/c1-49(2)43-15-9-7-12-35(43)37-23-21-32(25-45(37)49)40-27-42-41(33-22-24-38-36-13-8-10-16-44(36)50(3,4)46(38)26-33)28-47(31-19-17-30(29-51)18-20-31)52-48(42)39-14-6-5-11-34(39)40/h5-28H,29,51H2,1-4H3. The van der Waals surface area contributed by atoms with E-state index >= 15 is 0 Å². The summed E-state index contributed by atoms with van der Waals surface area (Å²) >= 11 is 0. The van der Waals surface area contributed by atoms with Gasteiger partial charge in [0.1, 0.15) is 0 Å². The van der Waals surface area contributed by atoms with Crippen molar-refractivity contribution >= 4 is 21.7 Å². The zero-order valence-corrected chi connectivity index (χ0v) is 30.1. The van der Waals surface area contributed by atoms with E-state index in [9.17, 15) is 0 Å². The van der Waals surface area contributed by atoms with E-state index in [4.69, 9.17) is 10.7 Å². The van der Waals surface area contributed by atoms with Crippen LogP contribution in [0.15, 0.2) is 146 Å². The van der Waals surface area contributed by atoms with Crippen molar-refractivity contribution in [3.8, 4) is 55.8 Å². The number of fused-ring (bicyclic) bond motifs is 9. The molecule has 1 heterocycles. The van der Waals surface area contributed by atoms with E-state index in [0.717, 1.165) is 33.1 Å². The van der Waals surface area contributed by atoms with Crippen molar-refractivity contribution in [2.45, 2.75) is 45.1 Å². The minimum Gasteiger partial charge on any atom is -0.326 e. The molecule has 0 fully saturated rings. The molecule has 0 radical (unpaired) electrons. The zero-order chi connectivity index (χ0) is 35.4. The number of rotatable bonds is 4. The number of benzene rings is 7. The van der Waals surface area contributed by atoms with Gasteiger partial charge in [0.15, 0.2) is 0 Å². The molecular formula is C50H40N2. The smallest absolute Gasteiger partial charge is 0.0794 e. The first-order chi connectivity index (χ1) is 25.2. The number of pyridine rings is 1. The average Bonchev–Trinajstić information content (AvgIpc) is 3.56. The Kier molecular flexibility index (Phi) is 6.60. The SMILES string of the molecule is CC1(C)c2ccccc2-c2ccc(-c3cc4c(-c5ccc6c(c5)C(C)(C)c5ccccc5-6)cc(-c5ccc(CN)cc5)nc4c4ccccc34)cc21. The second kappa shape index (κ2) is 11.1. The van der Waals surface area contributed by atoms with Crippen LogP contribution in [0.4, 0.5) is 0 Å². The highest BCUT2D eigenvalue weighted by Gasteiger charge is 2.36. The van der Waals surface area contributed by atoms with Gasteiger partial charge in [0.05, 0.1) is 11.2 Å². The van der Waals surface area contributed by atoms with Crippen molar-refractivity contribution in [3.05, 3.63) is 173 Å². The van der Waals surface area contributed by atoms with E-state index in [1.807, 2.05) is 0 Å². The molecule has 0 atom stereocenters. The Balaban J connectivity index is 1.24. The van der Waals surface area contributed by atoms with E-state index in [1.165, 1.54) is 72.1 Å². The molecule has 10 rings (SSSR count). The van der Waals surface area contributed by atoms with Crippen molar-refractivity contribution < 1.29 is 0 Å². The van der Waals surface area contributed by atoms with E-state index < -0.39 is 0 Å². The molecule has 0 aliphatic heterocycles. The molecule has 2 heteroatoms. The van der Waals surface area contributed by atoms with Crippen LogP contribution in [0.3, 0.4) is 0 Å². The number of hydrogen-bond acceptors (Lipinski definition) is 2. The Hall–Kier alpha value is -5.83. The van der Waals surface area contributed by atoms with Gasteiger partial charge in [0.2, 0.25) is 0 Å². The van der Waals surface area contributed by atoms with Gasteiger partial charge in [-0.1, -0.05) is 149 Å². The van der Waals surface area contributed by atoms with Crippen LogP contribution >= 0.6 is 0 Å². The number of nitrogens with zero attached hydrogens (tertiary/aromatic N) is 1. The van der Waals surface area contributed by atoms with Gasteiger partial charge in [-0.05, 0) is 102 Å². The van der Waals surface area contributed by atoms with E-state index in [2.05, 4.69) is 173 Å². The van der Waals surface area contributed by atoms with E-state index in [-0.39, 0.29) is 10.8 Å². The van der Waals surface area contributed by atoms with Crippen molar-refractivity contribution in [2.24, 2.45) is 5.73 Å². The minimum atomic E-state index is -0.0989. The molecule has 8 aromatic rings. The summed E-state index contributed by atoms with van der Waals surface area (Å²) in [6.07, 6.45) is 0. The lowest BCUT2D eigenvalue weighted by atomic mass is 9.81. The summed E-state index contributed by atoms with van der Waals surface area (Å²) < 4.78 is 0. The summed E-state index contributed by atoms with van der Waals surface area (Å²) in [7, 11) is 0. The maximum Gasteiger partial charge on any atom is 0.0794 e. The molecule has 0 saturated heterocycles. The van der Waals surface area contributed by atoms with Crippen molar-refractivity contribution in [3.63, 3.8) is 0 Å². The summed E-state index contributed by atoms with van der Waals surface area (Å²) in [6.45, 7) is 9.95. The Morgan fingerprint density at radius 1 is 0.423 bits per heavy atom. The van der Waals surface area contributed by atoms with Gasteiger partial charge in [-0.25, -0.2) is 4.98 Å².